The Morgan fingerprint density at radius 3 is 1.68 bits per heavy atom. The van der Waals surface area contributed by atoms with Gasteiger partial charge < -0.3 is 0 Å². The van der Waals surface area contributed by atoms with E-state index in [2.05, 4.69) is 78.2 Å². The van der Waals surface area contributed by atoms with E-state index in [0.29, 0.717) is 0 Å². The Kier molecular flexibility index (Phi) is 6.09. The fourth-order valence-electron chi connectivity index (χ4n) is 3.09. The van der Waals surface area contributed by atoms with Crippen molar-refractivity contribution in [3.8, 4) is 0 Å². The standard InChI is InChI=1S/C14H12.6CH3.2Sn/c1-12-7-5-6-10-14(12)11-13-8-3-2-4-9-13;;;;;;;;/h2-8,10H,1,11H2;6*1H3;;. The van der Waals surface area contributed by atoms with Gasteiger partial charge in [0.05, 0.1) is 0 Å². The zero-order chi connectivity index (χ0) is 16.4. The summed E-state index contributed by atoms with van der Waals surface area (Å²) >= 11 is -3.85. The van der Waals surface area contributed by atoms with Crippen LogP contribution in [0, 0.1) is 0 Å². The van der Waals surface area contributed by atoms with Crippen LogP contribution >= 0.6 is 0 Å². The summed E-state index contributed by atoms with van der Waals surface area (Å²) in [4.78, 5) is 15.2. The van der Waals surface area contributed by atoms with Crippen molar-refractivity contribution in [3.05, 3.63) is 65.2 Å². The Bertz CT molecular complexity index is 631. The molecule has 0 nitrogen and oxygen atoms in total. The third-order valence-electron chi connectivity index (χ3n) is 4.05. The monoisotopic (exact) mass is 510 g/mol. The third kappa shape index (κ3) is 5.29. The molecule has 2 rings (SSSR count). The molecule has 0 fully saturated rings. The molecule has 0 amide bonds. The van der Waals surface area contributed by atoms with Crippen molar-refractivity contribution in [2.75, 3.05) is 0 Å². The molecule has 0 N–H and O–H groups in total. The van der Waals surface area contributed by atoms with Crippen molar-refractivity contribution in [2.24, 2.45) is 0 Å². The first kappa shape index (κ1) is 18.4. The van der Waals surface area contributed by atoms with Crippen molar-refractivity contribution in [3.63, 3.8) is 0 Å². The minimum atomic E-state index is -2.04. The summed E-state index contributed by atoms with van der Waals surface area (Å²) in [5.74, 6) is 0. The van der Waals surface area contributed by atoms with Crippen molar-refractivity contribution < 1.29 is 0 Å². The van der Waals surface area contributed by atoms with E-state index in [9.17, 15) is 0 Å². The summed E-state index contributed by atoms with van der Waals surface area (Å²) in [5.41, 5.74) is 4.73. The third-order valence-corrected chi connectivity index (χ3v) is 14.2. The fourth-order valence-corrected chi connectivity index (χ4v) is 12.3. The predicted octanol–water partition coefficient (Wildman–Crippen LogP) is 5.24. The number of hydrogen-bond acceptors (Lipinski definition) is 0. The molecule has 0 radical (unpaired) electrons. The van der Waals surface area contributed by atoms with Crippen molar-refractivity contribution in [1.29, 1.82) is 0 Å². The van der Waals surface area contributed by atoms with Gasteiger partial charge in [0.15, 0.2) is 0 Å². The van der Waals surface area contributed by atoms with Crippen LogP contribution < -0.4 is 3.58 Å². The molecule has 2 aromatic rings. The normalized spacial score (nSPS) is 12.5. The Morgan fingerprint density at radius 1 is 0.636 bits per heavy atom. The summed E-state index contributed by atoms with van der Waals surface area (Å²) in [5, 5.41) is 0. The molecule has 0 aromatic heterocycles. The summed E-state index contributed by atoms with van der Waals surface area (Å²) < 4.78 is 3.04. The molecule has 0 atom stereocenters. The fraction of sp³-hybridized carbons (Fsp3) is 0.400. The average Bonchev–Trinajstić information content (AvgIpc) is 2.39. The average molecular weight is 508 g/mol. The van der Waals surface area contributed by atoms with E-state index in [-0.39, 0.29) is 0 Å². The van der Waals surface area contributed by atoms with Gasteiger partial charge >= 0.3 is 146 Å². The molecule has 0 aliphatic heterocycles. The zero-order valence-corrected chi connectivity index (χ0v) is 20.7. The Balaban J connectivity index is 2.37. The van der Waals surface area contributed by atoms with Gasteiger partial charge in [-0.3, -0.25) is 0 Å². The van der Waals surface area contributed by atoms with Gasteiger partial charge in [0.1, 0.15) is 0 Å². The van der Waals surface area contributed by atoms with Gasteiger partial charge in [-0.2, -0.15) is 0 Å². The van der Waals surface area contributed by atoms with Crippen LogP contribution in [0.5, 0.6) is 0 Å². The van der Waals surface area contributed by atoms with E-state index in [1.54, 1.807) is 20.3 Å². The first-order valence-corrected chi connectivity index (χ1v) is 28.9. The van der Waals surface area contributed by atoms with Crippen molar-refractivity contribution >= 4 is 40.3 Å². The molecule has 0 aliphatic carbocycles. The Hall–Kier alpha value is 0.0374. The summed E-state index contributed by atoms with van der Waals surface area (Å²) in [6.45, 7) is 0. The zero-order valence-electron chi connectivity index (χ0n) is 15.0. The molecule has 2 heteroatoms. The number of hydrogen-bond donors (Lipinski definition) is 0. The van der Waals surface area contributed by atoms with Crippen LogP contribution in [0.2, 0.25) is 29.6 Å². The van der Waals surface area contributed by atoms with Crippen LogP contribution in [0.4, 0.5) is 0 Å². The molecule has 2 aromatic carbocycles. The molecule has 0 saturated heterocycles. The maximum absolute atomic E-state index is 2.53. The molecule has 0 spiro atoms. The van der Waals surface area contributed by atoms with E-state index in [1.807, 2.05) is 0 Å². The molecule has 0 unspecified atom stereocenters. The molecule has 118 valence electrons. The van der Waals surface area contributed by atoms with Gasteiger partial charge in [0, 0.05) is 0 Å². The summed E-state index contributed by atoms with van der Waals surface area (Å²) in [7, 11) is 0. The van der Waals surface area contributed by atoms with E-state index in [0.717, 1.165) is 6.42 Å². The summed E-state index contributed by atoms with van der Waals surface area (Å²) in [6.07, 6.45) is 1.11. The quantitative estimate of drug-likeness (QED) is 0.486. The van der Waals surface area contributed by atoms with Crippen molar-refractivity contribution in [2.45, 2.75) is 40.5 Å². The van der Waals surface area contributed by atoms with Crippen molar-refractivity contribution in [1.82, 2.24) is 0 Å². The second-order valence-electron chi connectivity index (χ2n) is 8.59. The molecule has 0 heterocycles. The van der Waals surface area contributed by atoms with Gasteiger partial charge in [-0.1, -0.05) is 0 Å². The van der Waals surface area contributed by atoms with Gasteiger partial charge in [-0.25, -0.2) is 0 Å². The maximum atomic E-state index is 2.53. The molecule has 22 heavy (non-hydrogen) atoms. The van der Waals surface area contributed by atoms with E-state index in [4.69, 9.17) is 0 Å². The van der Waals surface area contributed by atoms with Gasteiger partial charge in [-0.05, 0) is 0 Å². The summed E-state index contributed by atoms with van der Waals surface area (Å²) in [6, 6.07) is 18.3. The molecule has 0 bridgehead atoms. The van der Waals surface area contributed by atoms with Gasteiger partial charge in [0.25, 0.3) is 0 Å². The first-order chi connectivity index (χ1) is 10.2. The number of benzene rings is 2. The topological polar surface area (TPSA) is 0 Å². The first-order valence-electron chi connectivity index (χ1n) is 8.32. The second kappa shape index (κ2) is 7.29. The van der Waals surface area contributed by atoms with Crippen LogP contribution in [0.3, 0.4) is 0 Å². The SMILES string of the molecule is [CH3][Sn]([CH3])([CH3])[CH2]c1ccccc1Cc1cccc[c]1[Sn]([CH3])([CH3])[CH3]. The Morgan fingerprint density at radius 2 is 1.14 bits per heavy atom. The van der Waals surface area contributed by atoms with E-state index >= 15 is 0 Å². The van der Waals surface area contributed by atoms with Crippen LogP contribution in [0.25, 0.3) is 0 Å². The van der Waals surface area contributed by atoms with Gasteiger partial charge in [0.2, 0.25) is 0 Å². The van der Waals surface area contributed by atoms with E-state index in [1.165, 1.54) is 4.44 Å². The van der Waals surface area contributed by atoms with Crippen LogP contribution in [0.15, 0.2) is 48.5 Å². The van der Waals surface area contributed by atoms with Gasteiger partial charge in [-0.15, -0.1) is 0 Å². The second-order valence-corrected chi connectivity index (χ2v) is 38.6. The van der Waals surface area contributed by atoms with Crippen LogP contribution in [-0.4, -0.2) is 36.8 Å². The molecular formula is C20H30Sn2. The predicted molar refractivity (Wildman–Crippen MR) is 106 cm³/mol. The van der Waals surface area contributed by atoms with E-state index < -0.39 is 36.8 Å². The molecule has 0 aliphatic rings. The Labute approximate surface area is 145 Å². The molecule has 0 saturated carbocycles. The van der Waals surface area contributed by atoms with Crippen LogP contribution in [-0.2, 0) is 10.9 Å². The minimum absolute atomic E-state index is 1.11. The van der Waals surface area contributed by atoms with Crippen LogP contribution in [0.1, 0.15) is 16.7 Å². The molecular weight excluding hydrogens is 478 g/mol. The number of rotatable bonds is 5.